The van der Waals surface area contributed by atoms with E-state index in [0.29, 0.717) is 6.04 Å². The number of fused-ring (bicyclic) bond motifs is 1. The molecule has 3 saturated heterocycles. The zero-order valence-electron chi connectivity index (χ0n) is 18.1. The van der Waals surface area contributed by atoms with Gasteiger partial charge in [-0.25, -0.2) is 0 Å². The number of guanidine groups is 1. The number of hydrogen-bond acceptors (Lipinski definition) is 4. The Hall–Kier alpha value is -1.63. The van der Waals surface area contributed by atoms with Crippen molar-refractivity contribution < 1.29 is 4.74 Å². The monoisotopic (exact) mass is 399 g/mol. The van der Waals surface area contributed by atoms with Crippen LogP contribution in [0.4, 0.5) is 0 Å². The normalized spacial score (nSPS) is 27.2. The van der Waals surface area contributed by atoms with Gasteiger partial charge in [-0.3, -0.25) is 9.89 Å². The van der Waals surface area contributed by atoms with Crippen LogP contribution in [0.2, 0.25) is 0 Å². The summed E-state index contributed by atoms with van der Waals surface area (Å²) in [5.74, 6) is 1.89. The van der Waals surface area contributed by atoms with Gasteiger partial charge in [0.1, 0.15) is 0 Å². The van der Waals surface area contributed by atoms with Gasteiger partial charge in [-0.1, -0.05) is 30.3 Å². The highest BCUT2D eigenvalue weighted by Gasteiger charge is 2.41. The number of likely N-dealkylation sites (tertiary alicyclic amines) is 2. The Morgan fingerprint density at radius 2 is 1.93 bits per heavy atom. The molecule has 2 unspecified atom stereocenters. The fourth-order valence-corrected chi connectivity index (χ4v) is 5.02. The van der Waals surface area contributed by atoms with Crippen LogP contribution in [-0.4, -0.2) is 92.8 Å². The summed E-state index contributed by atoms with van der Waals surface area (Å²) in [6.07, 6.45) is 4.17. The van der Waals surface area contributed by atoms with E-state index in [2.05, 4.69) is 62.4 Å². The van der Waals surface area contributed by atoms with Crippen molar-refractivity contribution in [3.8, 4) is 0 Å². The molecule has 1 N–H and O–H groups in total. The zero-order valence-corrected chi connectivity index (χ0v) is 18.1. The van der Waals surface area contributed by atoms with E-state index in [4.69, 9.17) is 4.74 Å². The van der Waals surface area contributed by atoms with Crippen LogP contribution in [0, 0.1) is 5.92 Å². The summed E-state index contributed by atoms with van der Waals surface area (Å²) >= 11 is 0. The molecule has 160 valence electrons. The van der Waals surface area contributed by atoms with Gasteiger partial charge >= 0.3 is 0 Å². The maximum atomic E-state index is 6.13. The molecule has 3 aliphatic rings. The number of morpholine rings is 1. The Morgan fingerprint density at radius 3 is 2.69 bits per heavy atom. The number of nitrogens with one attached hydrogen (secondary N) is 1. The molecule has 0 spiro atoms. The molecule has 29 heavy (non-hydrogen) atoms. The summed E-state index contributed by atoms with van der Waals surface area (Å²) in [6, 6.07) is 11.2. The van der Waals surface area contributed by atoms with Gasteiger partial charge in [-0.15, -0.1) is 0 Å². The quantitative estimate of drug-likeness (QED) is 0.605. The van der Waals surface area contributed by atoms with Gasteiger partial charge in [0, 0.05) is 39.8 Å². The van der Waals surface area contributed by atoms with Gasteiger partial charge in [0.05, 0.1) is 18.8 Å². The van der Waals surface area contributed by atoms with E-state index >= 15 is 0 Å². The van der Waals surface area contributed by atoms with Gasteiger partial charge in [-0.05, 0) is 50.9 Å². The van der Waals surface area contributed by atoms with Crippen LogP contribution >= 0.6 is 0 Å². The Bertz CT molecular complexity index is 658. The molecule has 0 amide bonds. The third-order valence-corrected chi connectivity index (χ3v) is 6.83. The minimum atomic E-state index is 0.278. The van der Waals surface area contributed by atoms with E-state index in [-0.39, 0.29) is 6.10 Å². The highest BCUT2D eigenvalue weighted by atomic mass is 16.5. The predicted molar refractivity (Wildman–Crippen MR) is 118 cm³/mol. The van der Waals surface area contributed by atoms with Crippen LogP contribution in [-0.2, 0) is 11.3 Å². The second kappa shape index (κ2) is 9.92. The van der Waals surface area contributed by atoms with Crippen molar-refractivity contribution in [2.45, 2.75) is 38.0 Å². The molecule has 0 saturated carbocycles. The van der Waals surface area contributed by atoms with Gasteiger partial charge < -0.3 is 19.9 Å². The number of ether oxygens (including phenoxy) is 1. The van der Waals surface area contributed by atoms with E-state index in [1.165, 1.54) is 37.9 Å². The minimum Gasteiger partial charge on any atom is -0.373 e. The van der Waals surface area contributed by atoms with Crippen LogP contribution in [0.1, 0.15) is 24.8 Å². The van der Waals surface area contributed by atoms with Crippen molar-refractivity contribution in [3.05, 3.63) is 35.9 Å². The molecule has 6 heteroatoms. The SMILES string of the molecule is CN=C(NCCC1CCN(C)CC1)N1CC2OCCN(Cc3ccccc3)C2C1. The molecule has 0 aliphatic carbocycles. The van der Waals surface area contributed by atoms with E-state index in [1.54, 1.807) is 0 Å². The Labute approximate surface area is 175 Å². The van der Waals surface area contributed by atoms with Crippen molar-refractivity contribution in [2.75, 3.05) is 60.0 Å². The second-order valence-electron chi connectivity index (χ2n) is 8.85. The fraction of sp³-hybridized carbons (Fsp3) is 0.696. The number of hydrogen-bond donors (Lipinski definition) is 1. The number of nitrogens with zero attached hydrogens (tertiary/aromatic N) is 4. The Balaban J connectivity index is 1.28. The molecule has 0 radical (unpaired) electrons. The number of piperidine rings is 1. The largest absolute Gasteiger partial charge is 0.373 e. The molecule has 1 aromatic carbocycles. The fourth-order valence-electron chi connectivity index (χ4n) is 5.02. The summed E-state index contributed by atoms with van der Waals surface area (Å²) < 4.78 is 6.13. The number of benzene rings is 1. The van der Waals surface area contributed by atoms with Crippen LogP contribution < -0.4 is 5.32 Å². The van der Waals surface area contributed by atoms with Crippen LogP contribution in [0.15, 0.2) is 35.3 Å². The number of rotatable bonds is 5. The van der Waals surface area contributed by atoms with Gasteiger partial charge in [0.2, 0.25) is 0 Å². The molecule has 6 nitrogen and oxygen atoms in total. The highest BCUT2D eigenvalue weighted by Crippen LogP contribution is 2.25. The summed E-state index contributed by atoms with van der Waals surface area (Å²) in [6.45, 7) is 8.25. The maximum absolute atomic E-state index is 6.13. The first-order valence-corrected chi connectivity index (χ1v) is 11.3. The Kier molecular flexibility index (Phi) is 7.06. The second-order valence-corrected chi connectivity index (χ2v) is 8.85. The summed E-state index contributed by atoms with van der Waals surface area (Å²) in [5.41, 5.74) is 1.38. The molecule has 3 aliphatic heterocycles. The van der Waals surface area contributed by atoms with Crippen LogP contribution in [0.5, 0.6) is 0 Å². The average Bonchev–Trinajstić information content (AvgIpc) is 3.18. The third kappa shape index (κ3) is 5.30. The van der Waals surface area contributed by atoms with Crippen molar-refractivity contribution in [1.82, 2.24) is 20.0 Å². The lowest BCUT2D eigenvalue weighted by Crippen LogP contribution is -2.50. The van der Waals surface area contributed by atoms with E-state index in [9.17, 15) is 0 Å². The Morgan fingerprint density at radius 1 is 1.14 bits per heavy atom. The molecular formula is C23H37N5O. The van der Waals surface area contributed by atoms with Crippen molar-refractivity contribution >= 4 is 5.96 Å². The van der Waals surface area contributed by atoms with Crippen LogP contribution in [0.3, 0.4) is 0 Å². The summed E-state index contributed by atoms with van der Waals surface area (Å²) in [5, 5.41) is 3.63. The molecule has 4 rings (SSSR count). The first-order valence-electron chi connectivity index (χ1n) is 11.3. The minimum absolute atomic E-state index is 0.278. The molecule has 0 bridgehead atoms. The molecule has 2 atom stereocenters. The highest BCUT2D eigenvalue weighted by molar-refractivity contribution is 5.80. The van der Waals surface area contributed by atoms with Crippen molar-refractivity contribution in [1.29, 1.82) is 0 Å². The molecule has 0 aromatic heterocycles. The lowest BCUT2D eigenvalue weighted by atomic mass is 9.94. The summed E-state index contributed by atoms with van der Waals surface area (Å²) in [4.78, 5) is 12.0. The summed E-state index contributed by atoms with van der Waals surface area (Å²) in [7, 11) is 4.13. The van der Waals surface area contributed by atoms with Gasteiger partial charge in [-0.2, -0.15) is 0 Å². The van der Waals surface area contributed by atoms with E-state index < -0.39 is 0 Å². The lowest BCUT2D eigenvalue weighted by molar-refractivity contribution is -0.0502. The smallest absolute Gasteiger partial charge is 0.193 e. The van der Waals surface area contributed by atoms with Gasteiger partial charge in [0.15, 0.2) is 5.96 Å². The average molecular weight is 400 g/mol. The molecule has 1 aromatic rings. The first-order chi connectivity index (χ1) is 14.2. The van der Waals surface area contributed by atoms with Crippen molar-refractivity contribution in [2.24, 2.45) is 10.9 Å². The first kappa shape index (κ1) is 20.6. The standard InChI is InChI=1S/C23H37N5O/c1-24-23(25-11-8-19-9-12-26(2)13-10-19)28-17-21-22(18-28)29-15-14-27(21)16-20-6-4-3-5-7-20/h3-7,19,21-22H,8-18H2,1-2H3,(H,24,25). The molecule has 3 heterocycles. The van der Waals surface area contributed by atoms with Crippen LogP contribution in [0.25, 0.3) is 0 Å². The van der Waals surface area contributed by atoms with E-state index in [0.717, 1.165) is 51.2 Å². The topological polar surface area (TPSA) is 43.3 Å². The van der Waals surface area contributed by atoms with Crippen molar-refractivity contribution in [3.63, 3.8) is 0 Å². The zero-order chi connectivity index (χ0) is 20.1. The molecule has 3 fully saturated rings. The molecular weight excluding hydrogens is 362 g/mol. The lowest BCUT2D eigenvalue weighted by Gasteiger charge is -2.36. The third-order valence-electron chi connectivity index (χ3n) is 6.83. The van der Waals surface area contributed by atoms with E-state index in [1.807, 2.05) is 7.05 Å². The predicted octanol–water partition coefficient (Wildman–Crippen LogP) is 1.88. The maximum Gasteiger partial charge on any atom is 0.193 e. The number of aliphatic imine (C=N–C) groups is 1. The van der Waals surface area contributed by atoms with Gasteiger partial charge in [0.25, 0.3) is 0 Å².